The molecule has 2 aromatic carbocycles. The van der Waals surface area contributed by atoms with E-state index in [0.29, 0.717) is 22.8 Å². The van der Waals surface area contributed by atoms with E-state index in [0.717, 1.165) is 9.90 Å². The maximum Gasteiger partial charge on any atom is 0.340 e. The fourth-order valence-electron chi connectivity index (χ4n) is 2.95. The summed E-state index contributed by atoms with van der Waals surface area (Å²) in [7, 11) is 0. The molecular formula is C23H20N4O4S2. The molecule has 4 rings (SSSR count). The van der Waals surface area contributed by atoms with E-state index in [2.05, 4.69) is 15.4 Å². The van der Waals surface area contributed by atoms with Gasteiger partial charge in [-0.1, -0.05) is 48.6 Å². The van der Waals surface area contributed by atoms with E-state index in [4.69, 9.17) is 4.74 Å². The minimum atomic E-state index is -0.623. The van der Waals surface area contributed by atoms with Gasteiger partial charge in [0.05, 0.1) is 22.7 Å². The average molecular weight is 481 g/mol. The van der Waals surface area contributed by atoms with Crippen LogP contribution >= 0.6 is 23.1 Å². The van der Waals surface area contributed by atoms with E-state index in [1.54, 1.807) is 24.3 Å². The molecule has 0 radical (unpaired) electrons. The Hall–Kier alpha value is -3.50. The number of thioether (sulfide) groups is 1. The molecule has 0 saturated carbocycles. The van der Waals surface area contributed by atoms with Crippen molar-refractivity contribution >= 4 is 45.6 Å². The van der Waals surface area contributed by atoms with Crippen LogP contribution in [0, 0.1) is 0 Å². The SMILES string of the molecule is CCc1nn2c(=O)cc(COC(=O)c3ccccc3NC(=O)CSc3ccccc3)nc2s1. The third-order valence-corrected chi connectivity index (χ3v) is 6.59. The Morgan fingerprint density at radius 3 is 2.67 bits per heavy atom. The van der Waals surface area contributed by atoms with Gasteiger partial charge in [0.1, 0.15) is 11.6 Å². The fraction of sp³-hybridized carbons (Fsp3) is 0.174. The van der Waals surface area contributed by atoms with Crippen LogP contribution in [0.15, 0.2) is 70.4 Å². The first-order valence-electron chi connectivity index (χ1n) is 10.2. The molecule has 168 valence electrons. The van der Waals surface area contributed by atoms with Gasteiger partial charge in [-0.3, -0.25) is 9.59 Å². The van der Waals surface area contributed by atoms with Gasteiger partial charge in [0.15, 0.2) is 0 Å². The first-order valence-corrected chi connectivity index (χ1v) is 12.0. The van der Waals surface area contributed by atoms with Crippen molar-refractivity contribution in [1.29, 1.82) is 0 Å². The summed E-state index contributed by atoms with van der Waals surface area (Å²) in [6, 6.07) is 17.5. The minimum Gasteiger partial charge on any atom is -0.456 e. The lowest BCUT2D eigenvalue weighted by Crippen LogP contribution is -2.18. The summed E-state index contributed by atoms with van der Waals surface area (Å²) in [5, 5.41) is 7.76. The zero-order chi connectivity index (χ0) is 23.2. The van der Waals surface area contributed by atoms with Crippen LogP contribution in [0.3, 0.4) is 0 Å². The number of aromatic nitrogens is 3. The molecule has 0 bridgehead atoms. The summed E-state index contributed by atoms with van der Waals surface area (Å²) in [6.07, 6.45) is 0.699. The number of hydrogen-bond donors (Lipinski definition) is 1. The van der Waals surface area contributed by atoms with E-state index >= 15 is 0 Å². The number of nitrogens with zero attached hydrogens (tertiary/aromatic N) is 3. The molecule has 2 aromatic heterocycles. The molecule has 1 amide bonds. The lowest BCUT2D eigenvalue weighted by atomic mass is 10.2. The number of rotatable bonds is 8. The number of hydrogen-bond acceptors (Lipinski definition) is 8. The number of benzene rings is 2. The molecule has 4 aromatic rings. The van der Waals surface area contributed by atoms with Crippen molar-refractivity contribution in [3.63, 3.8) is 0 Å². The second-order valence-electron chi connectivity index (χ2n) is 6.90. The van der Waals surface area contributed by atoms with Crippen LogP contribution in [-0.2, 0) is 22.6 Å². The zero-order valence-corrected chi connectivity index (χ0v) is 19.3. The first kappa shape index (κ1) is 22.7. The maximum atomic E-state index is 12.7. The summed E-state index contributed by atoms with van der Waals surface area (Å²) < 4.78 is 6.62. The number of para-hydroxylation sites is 1. The molecule has 0 atom stereocenters. The van der Waals surface area contributed by atoms with Crippen LogP contribution in [-0.4, -0.2) is 32.2 Å². The Bertz CT molecular complexity index is 1350. The summed E-state index contributed by atoms with van der Waals surface area (Å²) in [5.41, 5.74) is 0.588. The summed E-state index contributed by atoms with van der Waals surface area (Å²) >= 11 is 2.72. The lowest BCUT2D eigenvalue weighted by Gasteiger charge is -2.11. The number of nitrogens with one attached hydrogen (secondary N) is 1. The van der Waals surface area contributed by atoms with E-state index < -0.39 is 5.97 Å². The second kappa shape index (κ2) is 10.4. The van der Waals surface area contributed by atoms with E-state index in [-0.39, 0.29) is 29.4 Å². The molecule has 10 heteroatoms. The summed E-state index contributed by atoms with van der Waals surface area (Å²) in [4.78, 5) is 43.1. The molecule has 0 spiro atoms. The number of esters is 1. The Labute approximate surface area is 197 Å². The average Bonchev–Trinajstić information content (AvgIpc) is 3.26. The molecule has 0 unspecified atom stereocenters. The number of anilines is 1. The minimum absolute atomic E-state index is 0.171. The third kappa shape index (κ3) is 5.65. The normalized spacial score (nSPS) is 10.8. The summed E-state index contributed by atoms with van der Waals surface area (Å²) in [5.74, 6) is -0.654. The molecule has 2 heterocycles. The van der Waals surface area contributed by atoms with Gasteiger partial charge < -0.3 is 10.1 Å². The number of amides is 1. The topological polar surface area (TPSA) is 103 Å². The van der Waals surface area contributed by atoms with Crippen LogP contribution in [0.1, 0.15) is 28.0 Å². The van der Waals surface area contributed by atoms with Gasteiger partial charge in [-0.25, -0.2) is 9.78 Å². The maximum absolute atomic E-state index is 12.7. The first-order chi connectivity index (χ1) is 16.0. The molecule has 0 fully saturated rings. The van der Waals surface area contributed by atoms with Gasteiger partial charge in [-0.05, 0) is 30.7 Å². The second-order valence-corrected chi connectivity index (χ2v) is 8.99. The molecule has 0 saturated heterocycles. The quantitative estimate of drug-likeness (QED) is 0.302. The standard InChI is InChI=1S/C23H20N4O4S2/c1-2-20-26-27-21(29)12-15(24-23(27)33-20)13-31-22(30)17-10-6-7-11-18(17)25-19(28)14-32-16-8-4-3-5-9-16/h3-12H,2,13-14H2,1H3,(H,25,28). The van der Waals surface area contributed by atoms with Crippen molar-refractivity contribution in [2.45, 2.75) is 24.8 Å². The number of carbonyl (C=O) groups is 2. The molecule has 0 aliphatic heterocycles. The van der Waals surface area contributed by atoms with Crippen LogP contribution in [0.25, 0.3) is 4.96 Å². The van der Waals surface area contributed by atoms with E-state index in [9.17, 15) is 14.4 Å². The van der Waals surface area contributed by atoms with Crippen molar-refractivity contribution < 1.29 is 14.3 Å². The van der Waals surface area contributed by atoms with Gasteiger partial charge in [-0.2, -0.15) is 9.61 Å². The highest BCUT2D eigenvalue weighted by atomic mass is 32.2. The van der Waals surface area contributed by atoms with Crippen molar-refractivity contribution in [3.05, 3.63) is 87.3 Å². The largest absolute Gasteiger partial charge is 0.456 e. The molecule has 0 aliphatic rings. The van der Waals surface area contributed by atoms with Gasteiger partial charge in [0, 0.05) is 11.0 Å². The van der Waals surface area contributed by atoms with Gasteiger partial charge in [-0.15, -0.1) is 11.8 Å². The van der Waals surface area contributed by atoms with Crippen molar-refractivity contribution in [1.82, 2.24) is 14.6 Å². The molecule has 33 heavy (non-hydrogen) atoms. The van der Waals surface area contributed by atoms with E-state index in [1.165, 1.54) is 33.7 Å². The van der Waals surface area contributed by atoms with E-state index in [1.807, 2.05) is 37.3 Å². The lowest BCUT2D eigenvalue weighted by molar-refractivity contribution is -0.113. The number of carbonyl (C=O) groups excluding carboxylic acids is 2. The molecule has 1 N–H and O–H groups in total. The molecule has 8 nitrogen and oxygen atoms in total. The van der Waals surface area contributed by atoms with Crippen LogP contribution < -0.4 is 10.9 Å². The monoisotopic (exact) mass is 480 g/mol. The third-order valence-electron chi connectivity index (χ3n) is 4.53. The fourth-order valence-corrected chi connectivity index (χ4v) is 4.53. The highest BCUT2D eigenvalue weighted by molar-refractivity contribution is 8.00. The van der Waals surface area contributed by atoms with Crippen LogP contribution in [0.2, 0.25) is 0 Å². The predicted molar refractivity (Wildman–Crippen MR) is 128 cm³/mol. The van der Waals surface area contributed by atoms with Crippen LogP contribution in [0.5, 0.6) is 0 Å². The highest BCUT2D eigenvalue weighted by Crippen LogP contribution is 2.20. The smallest absolute Gasteiger partial charge is 0.340 e. The number of ether oxygens (including phenoxy) is 1. The van der Waals surface area contributed by atoms with Gasteiger partial charge in [0.25, 0.3) is 5.56 Å². The zero-order valence-electron chi connectivity index (χ0n) is 17.7. The Morgan fingerprint density at radius 2 is 1.88 bits per heavy atom. The van der Waals surface area contributed by atoms with Gasteiger partial charge in [0.2, 0.25) is 10.9 Å². The number of aryl methyl sites for hydroxylation is 1. The van der Waals surface area contributed by atoms with Gasteiger partial charge >= 0.3 is 5.97 Å². The predicted octanol–water partition coefficient (Wildman–Crippen LogP) is 3.80. The number of fused-ring (bicyclic) bond motifs is 1. The highest BCUT2D eigenvalue weighted by Gasteiger charge is 2.16. The van der Waals surface area contributed by atoms with Crippen LogP contribution in [0.4, 0.5) is 5.69 Å². The Morgan fingerprint density at radius 1 is 1.12 bits per heavy atom. The molecule has 0 aliphatic carbocycles. The Kier molecular flexibility index (Phi) is 7.16. The Balaban J connectivity index is 1.41. The van der Waals surface area contributed by atoms with Crippen molar-refractivity contribution in [2.24, 2.45) is 0 Å². The molecular weight excluding hydrogens is 460 g/mol. The van der Waals surface area contributed by atoms with Crippen molar-refractivity contribution in [2.75, 3.05) is 11.1 Å². The van der Waals surface area contributed by atoms with Crippen molar-refractivity contribution in [3.8, 4) is 0 Å². The summed E-state index contributed by atoms with van der Waals surface area (Å²) in [6.45, 7) is 1.78.